The molecule has 0 saturated carbocycles. The third-order valence-corrected chi connectivity index (χ3v) is 6.06. The largest absolute Gasteiger partial charge is 0.283 e. The number of amides is 1. The molecule has 2 aromatic heterocycles. The van der Waals surface area contributed by atoms with Gasteiger partial charge in [0.25, 0.3) is 0 Å². The maximum atomic E-state index is 13.4. The van der Waals surface area contributed by atoms with E-state index in [0.29, 0.717) is 23.1 Å². The van der Waals surface area contributed by atoms with Gasteiger partial charge in [-0.25, -0.2) is 4.98 Å². The molecule has 0 radical (unpaired) electrons. The van der Waals surface area contributed by atoms with Crippen LogP contribution in [0.2, 0.25) is 5.02 Å². The molecule has 2 heterocycles. The highest BCUT2D eigenvalue weighted by Gasteiger charge is 2.21. The number of carbonyl (C=O) groups excluding carboxylic acids is 1. The van der Waals surface area contributed by atoms with Crippen molar-refractivity contribution in [3.05, 3.63) is 88.2 Å². The maximum absolute atomic E-state index is 13.4. The number of rotatable bonds is 5. The van der Waals surface area contributed by atoms with E-state index in [-0.39, 0.29) is 5.91 Å². The molecule has 0 spiro atoms. The van der Waals surface area contributed by atoms with Gasteiger partial charge >= 0.3 is 0 Å². The summed E-state index contributed by atoms with van der Waals surface area (Å²) in [4.78, 5) is 24.0. The molecule has 146 valence electrons. The zero-order valence-electron chi connectivity index (χ0n) is 16.2. The number of halogens is 1. The van der Waals surface area contributed by atoms with Gasteiger partial charge in [0, 0.05) is 17.4 Å². The third-order valence-electron chi connectivity index (χ3n) is 4.78. The number of thiazole rings is 1. The number of benzene rings is 2. The Bertz CT molecular complexity index is 1170. The molecular weight excluding hydrogens is 402 g/mol. The summed E-state index contributed by atoms with van der Waals surface area (Å²) in [6, 6.07) is 15.6. The van der Waals surface area contributed by atoms with E-state index in [0.717, 1.165) is 32.5 Å². The van der Waals surface area contributed by atoms with Crippen LogP contribution >= 0.6 is 22.9 Å². The number of anilines is 1. The highest BCUT2D eigenvalue weighted by Crippen LogP contribution is 2.32. The first-order valence-corrected chi connectivity index (χ1v) is 10.5. The molecule has 4 nitrogen and oxygen atoms in total. The second-order valence-corrected chi connectivity index (χ2v) is 8.50. The molecule has 4 aromatic rings. The van der Waals surface area contributed by atoms with Gasteiger partial charge in [0.1, 0.15) is 0 Å². The van der Waals surface area contributed by atoms with E-state index in [1.165, 1.54) is 11.3 Å². The first kappa shape index (κ1) is 19.6. The summed E-state index contributed by atoms with van der Waals surface area (Å²) >= 11 is 7.60. The fourth-order valence-corrected chi connectivity index (χ4v) is 4.45. The fraction of sp³-hybridized carbons (Fsp3) is 0.174. The van der Waals surface area contributed by atoms with E-state index in [2.05, 4.69) is 23.2 Å². The predicted molar refractivity (Wildman–Crippen MR) is 120 cm³/mol. The average molecular weight is 422 g/mol. The number of fused-ring (bicyclic) bond motifs is 1. The zero-order valence-corrected chi connectivity index (χ0v) is 17.8. The summed E-state index contributed by atoms with van der Waals surface area (Å²) in [6.45, 7) is 4.50. The fourth-order valence-electron chi connectivity index (χ4n) is 3.19. The van der Waals surface area contributed by atoms with Crippen LogP contribution in [-0.2, 0) is 17.8 Å². The first-order chi connectivity index (χ1) is 14.0. The van der Waals surface area contributed by atoms with Crippen molar-refractivity contribution in [1.82, 2.24) is 9.97 Å². The Morgan fingerprint density at radius 3 is 2.79 bits per heavy atom. The topological polar surface area (TPSA) is 46.1 Å². The average Bonchev–Trinajstić information content (AvgIpc) is 3.12. The Hall–Kier alpha value is -2.76. The van der Waals surface area contributed by atoms with Gasteiger partial charge in [0.15, 0.2) is 5.13 Å². The molecule has 0 fully saturated rings. The summed E-state index contributed by atoms with van der Waals surface area (Å²) in [6.07, 6.45) is 3.83. The van der Waals surface area contributed by atoms with E-state index in [1.807, 2.05) is 44.2 Å². The Labute approximate surface area is 178 Å². The third kappa shape index (κ3) is 4.47. The van der Waals surface area contributed by atoms with Crippen LogP contribution in [-0.4, -0.2) is 15.9 Å². The molecule has 0 aliphatic heterocycles. The van der Waals surface area contributed by atoms with E-state index in [9.17, 15) is 4.79 Å². The van der Waals surface area contributed by atoms with Gasteiger partial charge in [-0.15, -0.1) is 0 Å². The molecule has 0 unspecified atom stereocenters. The standard InChI is InChI=1S/C23H20ClN3OS/c1-15-5-6-16(2)18(10-15)11-22(28)27(14-17-4-3-9-25-13-17)23-26-20-8-7-19(24)12-21(20)29-23/h3-10,12-13H,11,14H2,1-2H3. The highest BCUT2D eigenvalue weighted by atomic mass is 35.5. The van der Waals surface area contributed by atoms with Crippen molar-refractivity contribution in [2.24, 2.45) is 0 Å². The van der Waals surface area contributed by atoms with Crippen molar-refractivity contribution < 1.29 is 4.79 Å². The Morgan fingerprint density at radius 1 is 1.14 bits per heavy atom. The van der Waals surface area contributed by atoms with E-state index in [1.54, 1.807) is 17.3 Å². The number of hydrogen-bond acceptors (Lipinski definition) is 4. The molecule has 2 aromatic carbocycles. The molecule has 6 heteroatoms. The predicted octanol–water partition coefficient (Wildman–Crippen LogP) is 5.74. The lowest BCUT2D eigenvalue weighted by molar-refractivity contribution is -0.118. The maximum Gasteiger partial charge on any atom is 0.233 e. The number of carbonyl (C=O) groups is 1. The second-order valence-electron chi connectivity index (χ2n) is 7.06. The molecular formula is C23H20ClN3OS. The summed E-state index contributed by atoms with van der Waals surface area (Å²) in [7, 11) is 0. The molecule has 4 rings (SSSR count). The molecule has 0 aliphatic carbocycles. The summed E-state index contributed by atoms with van der Waals surface area (Å²) in [5.41, 5.74) is 5.09. The zero-order chi connectivity index (χ0) is 20.4. The molecule has 29 heavy (non-hydrogen) atoms. The van der Waals surface area contributed by atoms with Crippen LogP contribution in [0.1, 0.15) is 22.3 Å². The summed E-state index contributed by atoms with van der Waals surface area (Å²) < 4.78 is 0.961. The molecule has 0 aliphatic rings. The van der Waals surface area contributed by atoms with Crippen molar-refractivity contribution in [2.75, 3.05) is 4.90 Å². The van der Waals surface area contributed by atoms with Crippen LogP contribution in [0.15, 0.2) is 60.9 Å². The quantitative estimate of drug-likeness (QED) is 0.413. The number of hydrogen-bond donors (Lipinski definition) is 0. The smallest absolute Gasteiger partial charge is 0.233 e. The van der Waals surface area contributed by atoms with Crippen LogP contribution in [0.4, 0.5) is 5.13 Å². The van der Waals surface area contributed by atoms with Gasteiger partial charge in [0.05, 0.1) is 23.2 Å². The monoisotopic (exact) mass is 421 g/mol. The molecule has 0 bridgehead atoms. The van der Waals surface area contributed by atoms with Gasteiger partial charge in [-0.2, -0.15) is 0 Å². The first-order valence-electron chi connectivity index (χ1n) is 9.31. The van der Waals surface area contributed by atoms with Gasteiger partial charge in [-0.05, 0) is 54.8 Å². The molecule has 0 saturated heterocycles. The van der Waals surface area contributed by atoms with E-state index >= 15 is 0 Å². The van der Waals surface area contributed by atoms with E-state index < -0.39 is 0 Å². The lowest BCUT2D eigenvalue weighted by atomic mass is 10.0. The second kappa shape index (κ2) is 8.31. The van der Waals surface area contributed by atoms with Gasteiger partial charge in [-0.3, -0.25) is 14.7 Å². The Balaban J connectivity index is 1.70. The lowest BCUT2D eigenvalue weighted by Crippen LogP contribution is -2.32. The van der Waals surface area contributed by atoms with Crippen molar-refractivity contribution in [3.63, 3.8) is 0 Å². The number of aryl methyl sites for hydroxylation is 2. The highest BCUT2D eigenvalue weighted by molar-refractivity contribution is 7.22. The molecule has 0 N–H and O–H groups in total. The number of aromatic nitrogens is 2. The molecule has 0 atom stereocenters. The van der Waals surface area contributed by atoms with Crippen LogP contribution < -0.4 is 4.90 Å². The minimum Gasteiger partial charge on any atom is -0.283 e. The van der Waals surface area contributed by atoms with Crippen LogP contribution in [0.5, 0.6) is 0 Å². The van der Waals surface area contributed by atoms with Crippen molar-refractivity contribution >= 4 is 44.2 Å². The minimum absolute atomic E-state index is 0.00714. The minimum atomic E-state index is 0.00714. The Kier molecular flexibility index (Phi) is 5.60. The molecule has 1 amide bonds. The van der Waals surface area contributed by atoms with Gasteiger partial charge < -0.3 is 0 Å². The van der Waals surface area contributed by atoms with Gasteiger partial charge in [0.2, 0.25) is 5.91 Å². The van der Waals surface area contributed by atoms with E-state index in [4.69, 9.17) is 16.6 Å². The van der Waals surface area contributed by atoms with Crippen molar-refractivity contribution in [1.29, 1.82) is 0 Å². The van der Waals surface area contributed by atoms with Crippen LogP contribution in [0.3, 0.4) is 0 Å². The summed E-state index contributed by atoms with van der Waals surface area (Å²) in [5, 5.41) is 1.33. The van der Waals surface area contributed by atoms with Gasteiger partial charge in [-0.1, -0.05) is 52.8 Å². The number of pyridine rings is 1. The lowest BCUT2D eigenvalue weighted by Gasteiger charge is -2.20. The van der Waals surface area contributed by atoms with Crippen LogP contribution in [0, 0.1) is 13.8 Å². The van der Waals surface area contributed by atoms with Crippen LogP contribution in [0.25, 0.3) is 10.2 Å². The van der Waals surface area contributed by atoms with Crippen molar-refractivity contribution in [3.8, 4) is 0 Å². The normalized spacial score (nSPS) is 11.0. The summed E-state index contributed by atoms with van der Waals surface area (Å²) in [5.74, 6) is 0.00714. The Morgan fingerprint density at radius 2 is 2.00 bits per heavy atom. The van der Waals surface area contributed by atoms with Crippen molar-refractivity contribution in [2.45, 2.75) is 26.8 Å². The SMILES string of the molecule is Cc1ccc(C)c(CC(=O)N(Cc2cccnc2)c2nc3ccc(Cl)cc3s2)c1. The number of nitrogens with zero attached hydrogens (tertiary/aromatic N) is 3.